The Morgan fingerprint density at radius 3 is 2.33 bits per heavy atom. The number of nitrogens with two attached hydrogens (primary N) is 2. The summed E-state index contributed by atoms with van der Waals surface area (Å²) in [5.74, 6) is 4.64. The fourth-order valence-electron chi connectivity index (χ4n) is 0.0304. The van der Waals surface area contributed by atoms with Gasteiger partial charge >= 0.3 is 0 Å². The zero-order chi connectivity index (χ0) is 4.99. The molecule has 0 aromatic rings. The maximum atomic E-state index is 5.11. The van der Waals surface area contributed by atoms with Crippen LogP contribution in [0.2, 0.25) is 0 Å². The molecule has 4 N–H and O–H groups in total. The Balaban J connectivity index is 3.22. The van der Waals surface area contributed by atoms with Gasteiger partial charge in [0.25, 0.3) is 0 Å². The minimum atomic E-state index is 0.162. The molecule has 0 aromatic carbocycles. The quantitative estimate of drug-likeness (QED) is 0.158. The van der Waals surface area contributed by atoms with E-state index < -0.39 is 0 Å². The molecule has 0 unspecified atom stereocenters. The van der Waals surface area contributed by atoms with E-state index in [0.29, 0.717) is 0 Å². The van der Waals surface area contributed by atoms with E-state index in [1.165, 1.54) is 0 Å². The average molecular weight is 126 g/mol. The van der Waals surface area contributed by atoms with Crippen molar-refractivity contribution in [3.63, 3.8) is 0 Å². The van der Waals surface area contributed by atoms with Gasteiger partial charge in [0.05, 0.1) is 0 Å². The standard InChI is InChI=1S/CH4ClN3S/c2-1(5-3)6-4/h3-4H2/b5-1-. The first-order valence-electron chi connectivity index (χ1n) is 1.11. The van der Waals surface area contributed by atoms with E-state index in [1.807, 2.05) is 0 Å². The number of hydrazone groups is 1. The fourth-order valence-corrected chi connectivity index (χ4v) is 0.0913. The molecule has 0 saturated heterocycles. The molecule has 5 heteroatoms. The first-order valence-corrected chi connectivity index (χ1v) is 2.37. The number of hydrogen-bond acceptors (Lipinski definition) is 4. The summed E-state index contributed by atoms with van der Waals surface area (Å²) in [4.78, 5) is 0. The third-order valence-electron chi connectivity index (χ3n) is 0.199. The maximum Gasteiger partial charge on any atom is 0.196 e. The second-order valence-corrected chi connectivity index (χ2v) is 1.70. The molecule has 0 radical (unpaired) electrons. The zero-order valence-electron chi connectivity index (χ0n) is 2.89. The van der Waals surface area contributed by atoms with E-state index in [2.05, 4.69) is 10.9 Å². The van der Waals surface area contributed by atoms with Gasteiger partial charge in [-0.3, -0.25) is 5.14 Å². The minimum Gasteiger partial charge on any atom is -0.321 e. The number of nitrogens with zero attached hydrogens (tertiary/aromatic N) is 1. The van der Waals surface area contributed by atoms with E-state index in [-0.39, 0.29) is 4.50 Å². The molecule has 0 aliphatic heterocycles. The lowest BCUT2D eigenvalue weighted by molar-refractivity contribution is 1.27. The van der Waals surface area contributed by atoms with E-state index in [1.54, 1.807) is 0 Å². The molecule has 0 atom stereocenters. The van der Waals surface area contributed by atoms with Crippen LogP contribution in [0.15, 0.2) is 5.10 Å². The summed E-state index contributed by atoms with van der Waals surface area (Å²) in [6.07, 6.45) is 0. The van der Waals surface area contributed by atoms with Gasteiger partial charge in [-0.05, 0) is 11.9 Å². The second kappa shape index (κ2) is 3.27. The Labute approximate surface area is 44.8 Å². The molecule has 0 saturated carbocycles. The Bertz CT molecular complexity index is 61.8. The van der Waals surface area contributed by atoms with Crippen molar-refractivity contribution in [1.29, 1.82) is 0 Å². The van der Waals surface area contributed by atoms with Gasteiger partial charge in [-0.25, -0.2) is 0 Å². The largest absolute Gasteiger partial charge is 0.321 e. The first-order chi connectivity index (χ1) is 2.81. The van der Waals surface area contributed by atoms with Gasteiger partial charge in [0, 0.05) is 0 Å². The summed E-state index contributed by atoms with van der Waals surface area (Å²) in [6, 6.07) is 0. The van der Waals surface area contributed by atoms with Crippen LogP contribution >= 0.6 is 23.5 Å². The second-order valence-electron chi connectivity index (χ2n) is 0.500. The fraction of sp³-hybridized carbons (Fsp3) is 0. The molecule has 0 aliphatic rings. The van der Waals surface area contributed by atoms with Crippen molar-refractivity contribution in [3.8, 4) is 0 Å². The van der Waals surface area contributed by atoms with Gasteiger partial charge in [0.15, 0.2) is 4.50 Å². The smallest absolute Gasteiger partial charge is 0.196 e. The summed E-state index contributed by atoms with van der Waals surface area (Å²) in [5, 5.41) is 7.88. The highest BCUT2D eigenvalue weighted by Gasteiger charge is 1.81. The molecule has 0 spiro atoms. The van der Waals surface area contributed by atoms with Crippen LogP contribution in [-0.2, 0) is 0 Å². The van der Waals surface area contributed by atoms with Crippen molar-refractivity contribution in [3.05, 3.63) is 0 Å². The lowest BCUT2D eigenvalue weighted by Crippen LogP contribution is -1.90. The van der Waals surface area contributed by atoms with E-state index in [0.717, 1.165) is 11.9 Å². The SMILES string of the molecule is N/N=C(/Cl)SN. The number of rotatable bonds is 0. The van der Waals surface area contributed by atoms with E-state index in [9.17, 15) is 0 Å². The summed E-state index contributed by atoms with van der Waals surface area (Å²) in [7, 11) is 0. The lowest BCUT2D eigenvalue weighted by Gasteiger charge is -1.79. The molecular weight excluding hydrogens is 122 g/mol. The minimum absolute atomic E-state index is 0.162. The lowest BCUT2D eigenvalue weighted by atomic mass is 11.7. The van der Waals surface area contributed by atoms with E-state index in [4.69, 9.17) is 16.7 Å². The summed E-state index contributed by atoms with van der Waals surface area (Å²) >= 11 is 5.93. The highest BCUT2D eigenvalue weighted by molar-refractivity contribution is 8.14. The third-order valence-corrected chi connectivity index (χ3v) is 0.864. The molecule has 6 heavy (non-hydrogen) atoms. The first kappa shape index (κ1) is 6.07. The molecule has 0 bridgehead atoms. The van der Waals surface area contributed by atoms with Gasteiger partial charge in [0.2, 0.25) is 0 Å². The Kier molecular flexibility index (Phi) is 3.31. The van der Waals surface area contributed by atoms with Crippen molar-refractivity contribution in [1.82, 2.24) is 0 Å². The Morgan fingerprint density at radius 1 is 1.83 bits per heavy atom. The van der Waals surface area contributed by atoms with Crippen LogP contribution in [0.25, 0.3) is 0 Å². The van der Waals surface area contributed by atoms with Crippen molar-refractivity contribution in [2.45, 2.75) is 0 Å². The number of halogens is 1. The Morgan fingerprint density at radius 2 is 2.33 bits per heavy atom. The van der Waals surface area contributed by atoms with Crippen molar-refractivity contribution in [2.75, 3.05) is 0 Å². The molecule has 0 aromatic heterocycles. The molecule has 0 fully saturated rings. The molecular formula is CH4ClN3S. The van der Waals surface area contributed by atoms with Crippen LogP contribution in [0.5, 0.6) is 0 Å². The van der Waals surface area contributed by atoms with Gasteiger partial charge in [-0.2, -0.15) is 5.10 Å². The van der Waals surface area contributed by atoms with Crippen LogP contribution in [0.1, 0.15) is 0 Å². The monoisotopic (exact) mass is 125 g/mol. The highest BCUT2D eigenvalue weighted by atomic mass is 35.5. The molecule has 0 heterocycles. The molecule has 0 rings (SSSR count). The van der Waals surface area contributed by atoms with Crippen LogP contribution in [0.4, 0.5) is 0 Å². The van der Waals surface area contributed by atoms with E-state index >= 15 is 0 Å². The molecule has 3 nitrogen and oxygen atoms in total. The van der Waals surface area contributed by atoms with Gasteiger partial charge in [-0.1, -0.05) is 11.6 Å². The predicted octanol–water partition coefficient (Wildman–Crippen LogP) is 0.0618. The van der Waals surface area contributed by atoms with Crippen LogP contribution in [0.3, 0.4) is 0 Å². The zero-order valence-corrected chi connectivity index (χ0v) is 4.46. The van der Waals surface area contributed by atoms with Gasteiger partial charge < -0.3 is 5.84 Å². The maximum absolute atomic E-state index is 5.11. The Hall–Kier alpha value is 0.0700. The summed E-state index contributed by atoms with van der Waals surface area (Å²) in [6.45, 7) is 0. The molecule has 0 amide bonds. The number of hydrogen-bond donors (Lipinski definition) is 2. The van der Waals surface area contributed by atoms with Gasteiger partial charge in [0.1, 0.15) is 0 Å². The average Bonchev–Trinajstić information content (AvgIpc) is 1.65. The van der Waals surface area contributed by atoms with Crippen molar-refractivity contribution >= 4 is 28.1 Å². The van der Waals surface area contributed by atoms with Crippen molar-refractivity contribution in [2.24, 2.45) is 16.1 Å². The van der Waals surface area contributed by atoms with Crippen molar-refractivity contribution < 1.29 is 0 Å². The third kappa shape index (κ3) is 2.32. The highest BCUT2D eigenvalue weighted by Crippen LogP contribution is 1.94. The summed E-state index contributed by atoms with van der Waals surface area (Å²) < 4.78 is 0.162. The van der Waals surface area contributed by atoms with Crippen LogP contribution < -0.4 is 11.0 Å². The topological polar surface area (TPSA) is 64.4 Å². The molecule has 0 aliphatic carbocycles. The van der Waals surface area contributed by atoms with Crippen LogP contribution in [0, 0.1) is 0 Å². The van der Waals surface area contributed by atoms with Gasteiger partial charge in [-0.15, -0.1) is 0 Å². The summed E-state index contributed by atoms with van der Waals surface area (Å²) in [5.41, 5.74) is 0. The normalized spacial score (nSPS) is 12.0. The van der Waals surface area contributed by atoms with Crippen LogP contribution in [-0.4, -0.2) is 4.50 Å². The molecule has 36 valence electrons. The predicted molar refractivity (Wildman–Crippen MR) is 29.3 cm³/mol.